The van der Waals surface area contributed by atoms with Crippen LogP contribution in [0.1, 0.15) is 5.56 Å². The van der Waals surface area contributed by atoms with E-state index < -0.39 is 5.91 Å². The fraction of sp³-hybridized carbons (Fsp3) is 0.0588. The second-order valence-electron chi connectivity index (χ2n) is 4.74. The molecule has 0 aliphatic carbocycles. The molecule has 0 atom stereocenters. The molecule has 0 fully saturated rings. The average Bonchev–Trinajstić information content (AvgIpc) is 2.53. The fourth-order valence-corrected chi connectivity index (χ4v) is 1.98. The van der Waals surface area contributed by atoms with Gasteiger partial charge in [-0.05, 0) is 36.8 Å². The number of benzene rings is 2. The first kappa shape index (κ1) is 16.4. The molecule has 6 heteroatoms. The van der Waals surface area contributed by atoms with Gasteiger partial charge in [-0.25, -0.2) is 0 Å². The Morgan fingerprint density at radius 3 is 2.70 bits per heavy atom. The number of para-hydroxylation sites is 2. The van der Waals surface area contributed by atoms with Crippen molar-refractivity contribution in [1.29, 1.82) is 5.26 Å². The van der Waals surface area contributed by atoms with Gasteiger partial charge in [-0.1, -0.05) is 29.8 Å². The Balaban J connectivity index is 2.16. The van der Waals surface area contributed by atoms with Crippen LogP contribution in [0.2, 0.25) is 5.02 Å². The molecule has 0 bridgehead atoms. The van der Waals surface area contributed by atoms with E-state index in [1.165, 1.54) is 12.3 Å². The van der Waals surface area contributed by atoms with Crippen molar-refractivity contribution in [2.75, 3.05) is 10.6 Å². The SMILES string of the molecule is Cc1ccc(Cl)cc1NC(=O)/C(C#N)=C\Nc1ccccc1O. The first-order chi connectivity index (χ1) is 11.0. The summed E-state index contributed by atoms with van der Waals surface area (Å²) in [4.78, 5) is 12.2. The number of carbonyl (C=O) groups is 1. The molecule has 0 heterocycles. The highest BCUT2D eigenvalue weighted by Gasteiger charge is 2.11. The molecular weight excluding hydrogens is 314 g/mol. The molecule has 3 N–H and O–H groups in total. The number of rotatable bonds is 4. The Morgan fingerprint density at radius 2 is 2.00 bits per heavy atom. The topological polar surface area (TPSA) is 85.2 Å². The highest BCUT2D eigenvalue weighted by atomic mass is 35.5. The van der Waals surface area contributed by atoms with Crippen LogP contribution in [0, 0.1) is 18.3 Å². The summed E-state index contributed by atoms with van der Waals surface area (Å²) in [6.45, 7) is 1.82. The van der Waals surface area contributed by atoms with Crippen LogP contribution in [0.15, 0.2) is 54.2 Å². The summed E-state index contributed by atoms with van der Waals surface area (Å²) in [6.07, 6.45) is 1.24. The molecule has 23 heavy (non-hydrogen) atoms. The molecule has 2 rings (SSSR count). The van der Waals surface area contributed by atoms with Gasteiger partial charge in [0.05, 0.1) is 5.69 Å². The van der Waals surface area contributed by atoms with E-state index in [1.54, 1.807) is 36.4 Å². The molecular formula is C17H14ClN3O2. The molecule has 2 aromatic carbocycles. The lowest BCUT2D eigenvalue weighted by Crippen LogP contribution is -2.15. The number of phenols is 1. The molecule has 0 saturated heterocycles. The van der Waals surface area contributed by atoms with E-state index in [1.807, 2.05) is 13.0 Å². The molecule has 1 amide bonds. The quantitative estimate of drug-likeness (QED) is 0.453. The third-order valence-corrected chi connectivity index (χ3v) is 3.32. The third-order valence-electron chi connectivity index (χ3n) is 3.09. The van der Waals surface area contributed by atoms with Crippen LogP contribution in [-0.4, -0.2) is 11.0 Å². The average molecular weight is 328 g/mol. The lowest BCUT2D eigenvalue weighted by molar-refractivity contribution is -0.112. The summed E-state index contributed by atoms with van der Waals surface area (Å²) in [5.41, 5.74) is 1.62. The normalized spacial score (nSPS) is 10.7. The van der Waals surface area contributed by atoms with Crippen LogP contribution in [0.25, 0.3) is 0 Å². The number of phenolic OH excluding ortho intramolecular Hbond substituents is 1. The minimum Gasteiger partial charge on any atom is -0.506 e. The lowest BCUT2D eigenvalue weighted by Gasteiger charge is -2.09. The van der Waals surface area contributed by atoms with Crippen molar-refractivity contribution in [1.82, 2.24) is 0 Å². The zero-order valence-electron chi connectivity index (χ0n) is 12.3. The minimum absolute atomic E-state index is 0.0205. The van der Waals surface area contributed by atoms with Crippen molar-refractivity contribution in [3.8, 4) is 11.8 Å². The van der Waals surface area contributed by atoms with Crippen molar-refractivity contribution in [3.05, 3.63) is 64.8 Å². The molecule has 0 aliphatic heterocycles. The Labute approximate surface area is 138 Å². The van der Waals surface area contributed by atoms with Crippen molar-refractivity contribution in [2.45, 2.75) is 6.92 Å². The smallest absolute Gasteiger partial charge is 0.267 e. The van der Waals surface area contributed by atoms with Gasteiger partial charge in [-0.2, -0.15) is 5.26 Å². The number of nitrogens with one attached hydrogen (secondary N) is 2. The first-order valence-electron chi connectivity index (χ1n) is 6.73. The summed E-state index contributed by atoms with van der Waals surface area (Å²) in [6, 6.07) is 13.4. The zero-order valence-corrected chi connectivity index (χ0v) is 13.1. The van der Waals surface area contributed by atoms with Gasteiger partial charge in [-0.3, -0.25) is 4.79 Å². The number of hydrogen-bond donors (Lipinski definition) is 3. The van der Waals surface area contributed by atoms with Gasteiger partial charge in [0, 0.05) is 16.9 Å². The fourth-order valence-electron chi connectivity index (χ4n) is 1.81. The second kappa shape index (κ2) is 7.34. The second-order valence-corrected chi connectivity index (χ2v) is 5.18. The molecule has 5 nitrogen and oxygen atoms in total. The van der Waals surface area contributed by atoms with Crippen molar-refractivity contribution in [2.24, 2.45) is 0 Å². The standard InChI is InChI=1S/C17H14ClN3O2/c1-11-6-7-13(18)8-15(11)21-17(23)12(9-19)10-20-14-4-2-3-5-16(14)22/h2-8,10,20,22H,1H3,(H,21,23)/b12-10-. The van der Waals surface area contributed by atoms with Crippen LogP contribution in [0.3, 0.4) is 0 Å². The minimum atomic E-state index is -0.569. The third kappa shape index (κ3) is 4.25. The number of anilines is 2. The van der Waals surface area contributed by atoms with E-state index in [9.17, 15) is 9.90 Å². The monoisotopic (exact) mass is 327 g/mol. The molecule has 116 valence electrons. The number of halogens is 1. The summed E-state index contributed by atoms with van der Waals surface area (Å²) < 4.78 is 0. The van der Waals surface area contributed by atoms with E-state index in [2.05, 4.69) is 10.6 Å². The van der Waals surface area contributed by atoms with Gasteiger partial charge >= 0.3 is 0 Å². The predicted octanol–water partition coefficient (Wildman–Crippen LogP) is 3.81. The summed E-state index contributed by atoms with van der Waals surface area (Å²) in [7, 11) is 0. The highest BCUT2D eigenvalue weighted by molar-refractivity contribution is 6.31. The Hall–Kier alpha value is -2.97. The number of nitrogens with zero attached hydrogens (tertiary/aromatic N) is 1. The predicted molar refractivity (Wildman–Crippen MR) is 90.2 cm³/mol. The zero-order chi connectivity index (χ0) is 16.8. The van der Waals surface area contributed by atoms with Crippen LogP contribution in [0.4, 0.5) is 11.4 Å². The van der Waals surface area contributed by atoms with Crippen LogP contribution < -0.4 is 10.6 Å². The summed E-state index contributed by atoms with van der Waals surface area (Å²) in [5.74, 6) is -0.548. The molecule has 0 saturated carbocycles. The Bertz CT molecular complexity index is 810. The van der Waals surface area contributed by atoms with E-state index in [4.69, 9.17) is 16.9 Å². The van der Waals surface area contributed by atoms with Gasteiger partial charge in [-0.15, -0.1) is 0 Å². The van der Waals surface area contributed by atoms with Gasteiger partial charge in [0.25, 0.3) is 5.91 Å². The van der Waals surface area contributed by atoms with Crippen LogP contribution >= 0.6 is 11.6 Å². The maximum absolute atomic E-state index is 12.2. The van der Waals surface area contributed by atoms with E-state index in [-0.39, 0.29) is 11.3 Å². The van der Waals surface area contributed by atoms with Crippen LogP contribution in [0.5, 0.6) is 5.75 Å². The van der Waals surface area contributed by atoms with Crippen LogP contribution in [-0.2, 0) is 4.79 Å². The molecule has 0 aromatic heterocycles. The number of carbonyl (C=O) groups excluding carboxylic acids is 1. The number of hydrogen-bond acceptors (Lipinski definition) is 4. The van der Waals surface area contributed by atoms with Gasteiger partial charge < -0.3 is 15.7 Å². The summed E-state index contributed by atoms with van der Waals surface area (Å²) >= 11 is 5.90. The Kier molecular flexibility index (Phi) is 5.23. The molecule has 0 aliphatic rings. The van der Waals surface area contributed by atoms with E-state index in [0.717, 1.165) is 5.56 Å². The first-order valence-corrected chi connectivity index (χ1v) is 7.11. The van der Waals surface area contributed by atoms with E-state index >= 15 is 0 Å². The van der Waals surface area contributed by atoms with Crippen molar-refractivity contribution < 1.29 is 9.90 Å². The maximum atomic E-state index is 12.2. The molecule has 0 unspecified atom stereocenters. The molecule has 0 spiro atoms. The number of amides is 1. The number of aromatic hydroxyl groups is 1. The Morgan fingerprint density at radius 1 is 1.26 bits per heavy atom. The van der Waals surface area contributed by atoms with Crippen molar-refractivity contribution in [3.63, 3.8) is 0 Å². The van der Waals surface area contributed by atoms with Gasteiger partial charge in [0.2, 0.25) is 0 Å². The highest BCUT2D eigenvalue weighted by Crippen LogP contribution is 2.22. The summed E-state index contributed by atoms with van der Waals surface area (Å²) in [5, 5.41) is 24.6. The van der Waals surface area contributed by atoms with Gasteiger partial charge in [0.1, 0.15) is 17.4 Å². The molecule has 2 aromatic rings. The molecule has 0 radical (unpaired) electrons. The van der Waals surface area contributed by atoms with Crippen molar-refractivity contribution >= 4 is 28.9 Å². The number of aryl methyl sites for hydroxylation is 1. The lowest BCUT2D eigenvalue weighted by atomic mass is 10.2. The van der Waals surface area contributed by atoms with E-state index in [0.29, 0.717) is 16.4 Å². The maximum Gasteiger partial charge on any atom is 0.267 e. The van der Waals surface area contributed by atoms with Gasteiger partial charge in [0.15, 0.2) is 0 Å². The number of nitriles is 1. The largest absolute Gasteiger partial charge is 0.506 e.